The van der Waals surface area contributed by atoms with E-state index >= 15 is 0 Å². The van der Waals surface area contributed by atoms with Gasteiger partial charge in [-0.2, -0.15) is 0 Å². The van der Waals surface area contributed by atoms with Gasteiger partial charge in [-0.1, -0.05) is 12.1 Å². The van der Waals surface area contributed by atoms with Gasteiger partial charge in [-0.25, -0.2) is 4.68 Å². The topological polar surface area (TPSA) is 97.1 Å². The molecular weight excluding hydrogens is 224 g/mol. The first-order valence-electron chi connectivity index (χ1n) is 5.41. The Morgan fingerprint density at radius 2 is 2.29 bits per heavy atom. The molecule has 0 bridgehead atoms. The zero-order valence-electron chi connectivity index (χ0n) is 9.88. The molecule has 1 rings (SSSR count). The van der Waals surface area contributed by atoms with Gasteiger partial charge in [0.2, 0.25) is 5.91 Å². The molecule has 1 unspecified atom stereocenters. The van der Waals surface area contributed by atoms with Crippen LogP contribution in [0.25, 0.3) is 0 Å². The minimum atomic E-state index is -0.976. The molecule has 17 heavy (non-hydrogen) atoms. The van der Waals surface area contributed by atoms with E-state index in [1.54, 1.807) is 0 Å². The summed E-state index contributed by atoms with van der Waals surface area (Å²) < 4.78 is 1.30. The lowest BCUT2D eigenvalue weighted by molar-refractivity contribution is -0.136. The van der Waals surface area contributed by atoms with Crippen molar-refractivity contribution in [3.63, 3.8) is 0 Å². The molecule has 0 aliphatic rings. The Morgan fingerprint density at radius 1 is 1.59 bits per heavy atom. The number of aliphatic carboxylic acids is 1. The number of hydrogen-bond acceptors (Lipinski definition) is 4. The molecule has 1 aromatic heterocycles. The van der Waals surface area contributed by atoms with E-state index in [0.717, 1.165) is 6.42 Å². The number of hydrogen-bond donors (Lipinski definition) is 2. The highest BCUT2D eigenvalue weighted by Gasteiger charge is 2.12. The highest BCUT2D eigenvalue weighted by atomic mass is 16.4. The fraction of sp³-hybridized carbons (Fsp3) is 0.600. The molecule has 0 saturated carbocycles. The largest absolute Gasteiger partial charge is 0.481 e. The van der Waals surface area contributed by atoms with E-state index in [1.807, 2.05) is 13.8 Å². The second-order valence-corrected chi connectivity index (χ2v) is 3.83. The Balaban J connectivity index is 2.59. The maximum Gasteiger partial charge on any atom is 0.309 e. The van der Waals surface area contributed by atoms with Crippen molar-refractivity contribution in [2.45, 2.75) is 39.3 Å². The molecule has 0 aliphatic carbocycles. The monoisotopic (exact) mass is 240 g/mol. The van der Waals surface area contributed by atoms with Crippen molar-refractivity contribution in [3.8, 4) is 0 Å². The highest BCUT2D eigenvalue weighted by molar-refractivity contribution is 5.76. The Kier molecular flexibility index (Phi) is 4.62. The van der Waals surface area contributed by atoms with E-state index in [2.05, 4.69) is 15.6 Å². The van der Waals surface area contributed by atoms with Crippen molar-refractivity contribution < 1.29 is 14.7 Å². The summed E-state index contributed by atoms with van der Waals surface area (Å²) >= 11 is 0. The molecule has 1 heterocycles. The number of aromatic nitrogens is 3. The molecule has 94 valence electrons. The van der Waals surface area contributed by atoms with Crippen LogP contribution in [0.5, 0.6) is 0 Å². The van der Waals surface area contributed by atoms with Crippen LogP contribution in [0.3, 0.4) is 0 Å². The summed E-state index contributed by atoms with van der Waals surface area (Å²) in [4.78, 5) is 22.1. The third-order valence-electron chi connectivity index (χ3n) is 2.34. The van der Waals surface area contributed by atoms with Crippen molar-refractivity contribution in [2.24, 2.45) is 0 Å². The van der Waals surface area contributed by atoms with E-state index in [1.165, 1.54) is 10.9 Å². The fourth-order valence-corrected chi connectivity index (χ4v) is 1.26. The number of rotatable bonds is 6. The third-order valence-corrected chi connectivity index (χ3v) is 2.34. The van der Waals surface area contributed by atoms with Gasteiger partial charge in [-0.05, 0) is 13.3 Å². The van der Waals surface area contributed by atoms with Crippen LogP contribution in [0.2, 0.25) is 0 Å². The van der Waals surface area contributed by atoms with Gasteiger partial charge >= 0.3 is 5.97 Å². The number of nitrogens with zero attached hydrogens (tertiary/aromatic N) is 3. The minimum Gasteiger partial charge on any atom is -0.481 e. The van der Waals surface area contributed by atoms with Gasteiger partial charge in [-0.3, -0.25) is 9.59 Å². The van der Waals surface area contributed by atoms with Crippen LogP contribution in [0.4, 0.5) is 0 Å². The molecule has 0 saturated heterocycles. The molecule has 7 heteroatoms. The van der Waals surface area contributed by atoms with E-state index in [0.29, 0.717) is 5.69 Å². The summed E-state index contributed by atoms with van der Waals surface area (Å²) in [6.45, 7) is 3.86. The average Bonchev–Trinajstić information content (AvgIpc) is 2.64. The summed E-state index contributed by atoms with van der Waals surface area (Å²) in [5.74, 6) is -1.17. The van der Waals surface area contributed by atoms with Gasteiger partial charge in [0.1, 0.15) is 6.54 Å². The van der Waals surface area contributed by atoms with Crippen LogP contribution in [0.1, 0.15) is 26.0 Å². The van der Waals surface area contributed by atoms with Crippen molar-refractivity contribution in [3.05, 3.63) is 11.9 Å². The molecule has 0 aromatic carbocycles. The molecule has 0 spiro atoms. The summed E-state index contributed by atoms with van der Waals surface area (Å²) in [6.07, 6.45) is 2.00. The first-order chi connectivity index (χ1) is 8.02. The molecule has 0 aliphatic heterocycles. The standard InChI is InChI=1S/C10H16N4O3/c1-3-7(2)12-9(15)6-14-8(4-10(16)17)5-11-13-14/h5,7H,3-4,6H2,1-2H3,(H,12,15)(H,16,17). The van der Waals surface area contributed by atoms with Gasteiger partial charge in [0.15, 0.2) is 0 Å². The number of carboxylic acid groups (broad SMARTS) is 1. The third kappa shape index (κ3) is 4.21. The maximum absolute atomic E-state index is 11.6. The van der Waals surface area contributed by atoms with Crippen molar-refractivity contribution >= 4 is 11.9 Å². The van der Waals surface area contributed by atoms with Crippen LogP contribution in [0, 0.1) is 0 Å². The lowest BCUT2D eigenvalue weighted by Crippen LogP contribution is -2.35. The maximum atomic E-state index is 11.6. The second-order valence-electron chi connectivity index (χ2n) is 3.83. The lowest BCUT2D eigenvalue weighted by atomic mass is 10.2. The quantitative estimate of drug-likeness (QED) is 0.719. The number of nitrogens with one attached hydrogen (secondary N) is 1. The highest BCUT2D eigenvalue weighted by Crippen LogP contribution is 1.98. The van der Waals surface area contributed by atoms with Gasteiger partial charge in [0, 0.05) is 6.04 Å². The van der Waals surface area contributed by atoms with Crippen molar-refractivity contribution in [1.82, 2.24) is 20.3 Å². The van der Waals surface area contributed by atoms with E-state index in [9.17, 15) is 9.59 Å². The molecule has 0 radical (unpaired) electrons. The Hall–Kier alpha value is -1.92. The van der Waals surface area contributed by atoms with E-state index in [-0.39, 0.29) is 24.9 Å². The number of carbonyl (C=O) groups is 2. The number of amides is 1. The SMILES string of the molecule is CCC(C)NC(=O)Cn1nncc1CC(=O)O. The molecular formula is C10H16N4O3. The first kappa shape index (κ1) is 13.1. The molecule has 1 amide bonds. The van der Waals surface area contributed by atoms with Crippen LogP contribution in [-0.4, -0.2) is 38.0 Å². The van der Waals surface area contributed by atoms with Crippen molar-refractivity contribution in [2.75, 3.05) is 0 Å². The van der Waals surface area contributed by atoms with Gasteiger partial charge in [0.05, 0.1) is 18.3 Å². The van der Waals surface area contributed by atoms with E-state index < -0.39 is 5.97 Å². The molecule has 1 atom stereocenters. The summed E-state index contributed by atoms with van der Waals surface area (Å²) in [6, 6.07) is 0.0916. The first-order valence-corrected chi connectivity index (χ1v) is 5.41. The summed E-state index contributed by atoms with van der Waals surface area (Å²) in [5, 5.41) is 18.7. The number of carboxylic acids is 1. The van der Waals surface area contributed by atoms with Crippen molar-refractivity contribution in [1.29, 1.82) is 0 Å². The lowest BCUT2D eigenvalue weighted by Gasteiger charge is -2.11. The Morgan fingerprint density at radius 3 is 2.88 bits per heavy atom. The zero-order chi connectivity index (χ0) is 12.8. The summed E-state index contributed by atoms with van der Waals surface area (Å²) in [7, 11) is 0. The van der Waals surface area contributed by atoms with E-state index in [4.69, 9.17) is 5.11 Å². The predicted octanol–water partition coefficient (Wildman–Crippen LogP) is -0.180. The summed E-state index contributed by atoms with van der Waals surface area (Å²) in [5.41, 5.74) is 0.414. The Labute approximate surface area is 98.8 Å². The average molecular weight is 240 g/mol. The van der Waals surface area contributed by atoms with Gasteiger partial charge in [0.25, 0.3) is 0 Å². The molecule has 0 fully saturated rings. The van der Waals surface area contributed by atoms with Gasteiger partial charge < -0.3 is 10.4 Å². The predicted molar refractivity (Wildman–Crippen MR) is 59.3 cm³/mol. The van der Waals surface area contributed by atoms with Gasteiger partial charge in [-0.15, -0.1) is 5.10 Å². The number of carbonyl (C=O) groups excluding carboxylic acids is 1. The Bertz CT molecular complexity index is 402. The van der Waals surface area contributed by atoms with Crippen LogP contribution >= 0.6 is 0 Å². The molecule has 7 nitrogen and oxygen atoms in total. The second kappa shape index (κ2) is 5.97. The molecule has 2 N–H and O–H groups in total. The van der Waals surface area contributed by atoms with Crippen LogP contribution in [0.15, 0.2) is 6.20 Å². The molecule has 1 aromatic rings. The fourth-order valence-electron chi connectivity index (χ4n) is 1.26. The minimum absolute atomic E-state index is 0.00699. The normalized spacial score (nSPS) is 12.1. The van der Waals surface area contributed by atoms with Crippen LogP contribution in [-0.2, 0) is 22.6 Å². The van der Waals surface area contributed by atoms with Crippen LogP contribution < -0.4 is 5.32 Å². The smallest absolute Gasteiger partial charge is 0.309 e. The zero-order valence-corrected chi connectivity index (χ0v) is 9.88.